The molecule has 1 aromatic carbocycles. The van der Waals surface area contributed by atoms with E-state index < -0.39 is 5.41 Å². The van der Waals surface area contributed by atoms with Crippen LogP contribution in [0, 0.1) is 17.8 Å². The second kappa shape index (κ2) is 3.39. The van der Waals surface area contributed by atoms with E-state index in [1.165, 1.54) is 0 Å². The van der Waals surface area contributed by atoms with Gasteiger partial charge in [0.1, 0.15) is 11.2 Å². The number of fused-ring (bicyclic) bond motifs is 1. The third-order valence-electron chi connectivity index (χ3n) is 3.24. The smallest absolute Gasteiger partial charge is 0.243 e. The Balaban J connectivity index is 1.86. The van der Waals surface area contributed by atoms with Crippen molar-refractivity contribution < 1.29 is 4.79 Å². The van der Waals surface area contributed by atoms with Gasteiger partial charge in [-0.05, 0) is 25.0 Å². The summed E-state index contributed by atoms with van der Waals surface area (Å²) in [6.07, 6.45) is 6.95. The van der Waals surface area contributed by atoms with Crippen LogP contribution in [0.5, 0.6) is 0 Å². The van der Waals surface area contributed by atoms with Crippen LogP contribution in [0.25, 0.3) is 10.9 Å². The molecular formula is C14H12N2O. The molecule has 1 amide bonds. The SMILES string of the molecule is C#CC1(C(=O)Nc2cc3ccccc3[nH]2)CC1. The quantitative estimate of drug-likeness (QED) is 0.756. The summed E-state index contributed by atoms with van der Waals surface area (Å²) in [5.74, 6) is 3.21. The molecule has 0 spiro atoms. The fraction of sp³-hybridized carbons (Fsp3) is 0.214. The van der Waals surface area contributed by atoms with Crippen LogP contribution in [0.1, 0.15) is 12.8 Å². The van der Waals surface area contributed by atoms with Crippen molar-refractivity contribution >= 4 is 22.6 Å². The first kappa shape index (κ1) is 9.98. The highest BCUT2D eigenvalue weighted by molar-refractivity contribution is 6.00. The average molecular weight is 224 g/mol. The Bertz CT molecular complexity index is 596. The summed E-state index contributed by atoms with van der Waals surface area (Å²) >= 11 is 0. The van der Waals surface area contributed by atoms with Crippen molar-refractivity contribution in [2.45, 2.75) is 12.8 Å². The van der Waals surface area contributed by atoms with Crippen LogP contribution in [0.4, 0.5) is 5.82 Å². The molecular weight excluding hydrogens is 212 g/mol. The zero-order valence-electron chi connectivity index (χ0n) is 9.29. The molecule has 1 aromatic heterocycles. The minimum absolute atomic E-state index is 0.0773. The third kappa shape index (κ3) is 1.58. The summed E-state index contributed by atoms with van der Waals surface area (Å²) in [5.41, 5.74) is 0.449. The summed E-state index contributed by atoms with van der Waals surface area (Å²) in [4.78, 5) is 15.1. The molecule has 0 bridgehead atoms. The Hall–Kier alpha value is -2.21. The Labute approximate surface area is 99.2 Å². The van der Waals surface area contributed by atoms with Crippen molar-refractivity contribution in [3.63, 3.8) is 0 Å². The highest BCUT2D eigenvalue weighted by atomic mass is 16.2. The van der Waals surface area contributed by atoms with E-state index in [9.17, 15) is 4.79 Å². The Morgan fingerprint density at radius 2 is 2.18 bits per heavy atom. The van der Waals surface area contributed by atoms with Gasteiger partial charge in [-0.15, -0.1) is 6.42 Å². The van der Waals surface area contributed by atoms with Gasteiger partial charge in [0.2, 0.25) is 5.91 Å². The summed E-state index contributed by atoms with van der Waals surface area (Å²) in [6, 6.07) is 9.80. The van der Waals surface area contributed by atoms with Crippen molar-refractivity contribution in [3.8, 4) is 12.3 Å². The molecule has 17 heavy (non-hydrogen) atoms. The summed E-state index contributed by atoms with van der Waals surface area (Å²) in [7, 11) is 0. The van der Waals surface area contributed by atoms with Crippen molar-refractivity contribution in [1.82, 2.24) is 4.98 Å². The molecule has 2 N–H and O–H groups in total. The highest BCUT2D eigenvalue weighted by Crippen LogP contribution is 2.45. The van der Waals surface area contributed by atoms with Crippen molar-refractivity contribution in [2.75, 3.05) is 5.32 Å². The summed E-state index contributed by atoms with van der Waals surface area (Å²) in [6.45, 7) is 0. The van der Waals surface area contributed by atoms with Crippen molar-refractivity contribution in [3.05, 3.63) is 30.3 Å². The van der Waals surface area contributed by atoms with Crippen LogP contribution in [0.2, 0.25) is 0 Å². The Kier molecular flexibility index (Phi) is 1.99. The van der Waals surface area contributed by atoms with E-state index in [1.807, 2.05) is 30.3 Å². The van der Waals surface area contributed by atoms with Crippen LogP contribution in [0.3, 0.4) is 0 Å². The summed E-state index contributed by atoms with van der Waals surface area (Å²) in [5, 5.41) is 3.93. The lowest BCUT2D eigenvalue weighted by molar-refractivity contribution is -0.119. The van der Waals surface area contributed by atoms with Gasteiger partial charge in [-0.25, -0.2) is 0 Å². The second-order valence-corrected chi connectivity index (χ2v) is 4.45. The second-order valence-electron chi connectivity index (χ2n) is 4.45. The van der Waals surface area contributed by atoms with Gasteiger partial charge in [0.25, 0.3) is 0 Å². The van der Waals surface area contributed by atoms with Gasteiger partial charge in [0, 0.05) is 10.9 Å². The molecule has 1 saturated carbocycles. The molecule has 0 aliphatic heterocycles. The maximum absolute atomic E-state index is 11.9. The first-order valence-electron chi connectivity index (χ1n) is 5.60. The number of para-hydroxylation sites is 1. The van der Waals surface area contributed by atoms with Crippen LogP contribution in [-0.2, 0) is 4.79 Å². The molecule has 1 heterocycles. The van der Waals surface area contributed by atoms with E-state index in [0.29, 0.717) is 5.82 Å². The van der Waals surface area contributed by atoms with Crippen LogP contribution >= 0.6 is 0 Å². The molecule has 0 saturated heterocycles. The maximum atomic E-state index is 11.9. The monoisotopic (exact) mass is 224 g/mol. The third-order valence-corrected chi connectivity index (χ3v) is 3.24. The maximum Gasteiger partial charge on any atom is 0.243 e. The highest BCUT2D eigenvalue weighted by Gasteiger charge is 2.48. The molecule has 3 rings (SSSR count). The van der Waals surface area contributed by atoms with E-state index in [-0.39, 0.29) is 5.91 Å². The largest absolute Gasteiger partial charge is 0.341 e. The average Bonchev–Trinajstić information content (AvgIpc) is 3.04. The number of amides is 1. The van der Waals surface area contributed by atoms with Crippen LogP contribution < -0.4 is 5.32 Å². The van der Waals surface area contributed by atoms with Gasteiger partial charge in [-0.1, -0.05) is 24.1 Å². The minimum Gasteiger partial charge on any atom is -0.341 e. The van der Waals surface area contributed by atoms with Gasteiger partial charge in [0.15, 0.2) is 0 Å². The molecule has 1 aliphatic rings. The van der Waals surface area contributed by atoms with E-state index in [0.717, 1.165) is 23.7 Å². The molecule has 3 nitrogen and oxygen atoms in total. The lowest BCUT2D eigenvalue weighted by Crippen LogP contribution is -2.22. The standard InChI is InChI=1S/C14H12N2O/c1-2-14(7-8-14)13(17)16-12-9-10-5-3-4-6-11(10)15-12/h1,3-6,9,15H,7-8H2,(H,16,17). The number of aromatic nitrogens is 1. The minimum atomic E-state index is -0.558. The fourth-order valence-corrected chi connectivity index (χ4v) is 1.94. The molecule has 1 aliphatic carbocycles. The van der Waals surface area contributed by atoms with Gasteiger partial charge in [-0.3, -0.25) is 4.79 Å². The lowest BCUT2D eigenvalue weighted by atomic mass is 10.1. The number of carbonyl (C=O) groups excluding carboxylic acids is 1. The molecule has 84 valence electrons. The van der Waals surface area contributed by atoms with Gasteiger partial charge in [0.05, 0.1) is 0 Å². The molecule has 0 atom stereocenters. The molecule has 1 fully saturated rings. The van der Waals surface area contributed by atoms with Gasteiger partial charge < -0.3 is 10.3 Å². The lowest BCUT2D eigenvalue weighted by Gasteiger charge is -2.06. The molecule has 0 unspecified atom stereocenters. The number of carbonyl (C=O) groups is 1. The Morgan fingerprint density at radius 3 is 2.82 bits per heavy atom. The zero-order chi connectivity index (χ0) is 11.9. The Morgan fingerprint density at radius 1 is 1.41 bits per heavy atom. The van der Waals surface area contributed by atoms with E-state index in [2.05, 4.69) is 16.2 Å². The van der Waals surface area contributed by atoms with Crippen molar-refractivity contribution in [2.24, 2.45) is 5.41 Å². The van der Waals surface area contributed by atoms with Crippen LogP contribution in [-0.4, -0.2) is 10.9 Å². The van der Waals surface area contributed by atoms with Crippen LogP contribution in [0.15, 0.2) is 30.3 Å². The normalized spacial score (nSPS) is 16.4. The predicted octanol–water partition coefficient (Wildman–Crippen LogP) is 2.52. The zero-order valence-corrected chi connectivity index (χ0v) is 9.29. The van der Waals surface area contributed by atoms with Gasteiger partial charge in [-0.2, -0.15) is 0 Å². The number of anilines is 1. The number of benzene rings is 1. The van der Waals surface area contributed by atoms with E-state index in [4.69, 9.17) is 6.42 Å². The molecule has 2 aromatic rings. The van der Waals surface area contributed by atoms with E-state index >= 15 is 0 Å². The molecule has 3 heteroatoms. The number of hydrogen-bond donors (Lipinski definition) is 2. The fourth-order valence-electron chi connectivity index (χ4n) is 1.94. The van der Waals surface area contributed by atoms with Gasteiger partial charge >= 0.3 is 0 Å². The number of aromatic amines is 1. The number of rotatable bonds is 2. The number of terminal acetylenes is 1. The number of hydrogen-bond acceptors (Lipinski definition) is 1. The topological polar surface area (TPSA) is 44.9 Å². The molecule has 0 radical (unpaired) electrons. The first-order valence-corrected chi connectivity index (χ1v) is 5.60. The number of nitrogens with one attached hydrogen (secondary N) is 2. The summed E-state index contributed by atoms with van der Waals surface area (Å²) < 4.78 is 0. The predicted molar refractivity (Wildman–Crippen MR) is 67.4 cm³/mol. The van der Waals surface area contributed by atoms with Crippen molar-refractivity contribution in [1.29, 1.82) is 0 Å². The number of H-pyrrole nitrogens is 1. The van der Waals surface area contributed by atoms with E-state index in [1.54, 1.807) is 0 Å². The first-order chi connectivity index (χ1) is 8.23.